The second-order valence-electron chi connectivity index (χ2n) is 5.75. The summed E-state index contributed by atoms with van der Waals surface area (Å²) in [6.07, 6.45) is 2.61. The lowest BCUT2D eigenvalue weighted by Gasteiger charge is -2.15. The number of rotatable bonds is 7. The number of ether oxygens (including phenoxy) is 1. The zero-order valence-corrected chi connectivity index (χ0v) is 12.2. The fraction of sp³-hybridized carbons (Fsp3) is 0.588. The van der Waals surface area contributed by atoms with Gasteiger partial charge in [0.1, 0.15) is 6.10 Å². The standard InChI is InChI=1S/C17H24O2/c1-4-19-17(15-9-10-15)16(18)11-13-5-7-14(8-6-13)12(2)3/h5-8,12,15,17H,4,9-11H2,1-3H3. The number of ketones is 1. The van der Waals surface area contributed by atoms with E-state index in [0.717, 1.165) is 18.4 Å². The Hall–Kier alpha value is -1.15. The zero-order valence-electron chi connectivity index (χ0n) is 12.2. The van der Waals surface area contributed by atoms with Crippen LogP contribution >= 0.6 is 0 Å². The van der Waals surface area contributed by atoms with Crippen LogP contribution in [0, 0.1) is 5.92 Å². The number of benzene rings is 1. The lowest BCUT2D eigenvalue weighted by atomic mass is 9.98. The minimum atomic E-state index is -0.172. The number of carbonyl (C=O) groups is 1. The van der Waals surface area contributed by atoms with Crippen molar-refractivity contribution in [3.63, 3.8) is 0 Å². The minimum absolute atomic E-state index is 0.172. The smallest absolute Gasteiger partial charge is 0.166 e. The van der Waals surface area contributed by atoms with Crippen molar-refractivity contribution in [2.75, 3.05) is 6.61 Å². The highest BCUT2D eigenvalue weighted by Crippen LogP contribution is 2.35. The van der Waals surface area contributed by atoms with E-state index in [1.165, 1.54) is 5.56 Å². The van der Waals surface area contributed by atoms with Gasteiger partial charge in [-0.25, -0.2) is 0 Å². The molecule has 0 aromatic heterocycles. The Labute approximate surface area is 116 Å². The number of Topliss-reactive ketones (excluding diaryl/α,β-unsaturated/α-hetero) is 1. The molecule has 2 heteroatoms. The highest BCUT2D eigenvalue weighted by atomic mass is 16.5. The first kappa shape index (κ1) is 14.3. The summed E-state index contributed by atoms with van der Waals surface area (Å²) >= 11 is 0. The lowest BCUT2D eigenvalue weighted by Crippen LogP contribution is -2.28. The van der Waals surface area contributed by atoms with Gasteiger partial charge in [0, 0.05) is 13.0 Å². The average Bonchev–Trinajstić information content (AvgIpc) is 3.20. The van der Waals surface area contributed by atoms with Crippen LogP contribution in [0.2, 0.25) is 0 Å². The first-order valence-electron chi connectivity index (χ1n) is 7.35. The molecule has 1 aliphatic carbocycles. The van der Waals surface area contributed by atoms with Crippen molar-refractivity contribution in [1.82, 2.24) is 0 Å². The second kappa shape index (κ2) is 6.33. The Balaban J connectivity index is 1.97. The molecule has 0 radical (unpaired) electrons. The van der Waals surface area contributed by atoms with Crippen LogP contribution in [0.15, 0.2) is 24.3 Å². The van der Waals surface area contributed by atoms with Crippen molar-refractivity contribution >= 4 is 5.78 Å². The van der Waals surface area contributed by atoms with Crippen molar-refractivity contribution in [3.8, 4) is 0 Å². The maximum atomic E-state index is 12.3. The molecular formula is C17H24O2. The Kier molecular flexibility index (Phi) is 4.76. The number of carbonyl (C=O) groups excluding carboxylic acids is 1. The van der Waals surface area contributed by atoms with Crippen LogP contribution in [-0.2, 0) is 16.0 Å². The molecule has 19 heavy (non-hydrogen) atoms. The molecule has 1 atom stereocenters. The Morgan fingerprint density at radius 2 is 1.89 bits per heavy atom. The number of hydrogen-bond donors (Lipinski definition) is 0. The molecule has 0 amide bonds. The van der Waals surface area contributed by atoms with E-state index in [1.807, 2.05) is 6.92 Å². The zero-order chi connectivity index (χ0) is 13.8. The topological polar surface area (TPSA) is 26.3 Å². The maximum Gasteiger partial charge on any atom is 0.166 e. The molecule has 0 heterocycles. The fourth-order valence-corrected chi connectivity index (χ4v) is 2.39. The summed E-state index contributed by atoms with van der Waals surface area (Å²) in [6, 6.07) is 8.40. The van der Waals surface area contributed by atoms with E-state index in [9.17, 15) is 4.79 Å². The van der Waals surface area contributed by atoms with Crippen molar-refractivity contribution in [3.05, 3.63) is 35.4 Å². The van der Waals surface area contributed by atoms with Crippen LogP contribution in [0.25, 0.3) is 0 Å². The van der Waals surface area contributed by atoms with E-state index in [-0.39, 0.29) is 11.9 Å². The first-order chi connectivity index (χ1) is 9.11. The minimum Gasteiger partial charge on any atom is -0.370 e. The Morgan fingerprint density at radius 1 is 1.26 bits per heavy atom. The molecule has 1 fully saturated rings. The molecule has 2 nitrogen and oxygen atoms in total. The van der Waals surface area contributed by atoms with Crippen molar-refractivity contribution in [2.45, 2.75) is 52.1 Å². The third kappa shape index (κ3) is 3.90. The molecule has 0 aliphatic heterocycles. The maximum absolute atomic E-state index is 12.3. The molecule has 1 unspecified atom stereocenters. The van der Waals surface area contributed by atoms with Gasteiger partial charge in [-0.1, -0.05) is 38.1 Å². The van der Waals surface area contributed by atoms with Gasteiger partial charge < -0.3 is 4.74 Å². The highest BCUT2D eigenvalue weighted by Gasteiger charge is 2.36. The molecule has 1 saturated carbocycles. The normalized spacial score (nSPS) is 16.6. The Morgan fingerprint density at radius 3 is 2.37 bits per heavy atom. The molecular weight excluding hydrogens is 236 g/mol. The van der Waals surface area contributed by atoms with Gasteiger partial charge in [-0.05, 0) is 42.7 Å². The fourth-order valence-electron chi connectivity index (χ4n) is 2.39. The van der Waals surface area contributed by atoms with Crippen molar-refractivity contribution < 1.29 is 9.53 Å². The molecule has 1 aromatic carbocycles. The predicted molar refractivity (Wildman–Crippen MR) is 77.4 cm³/mol. The molecule has 0 spiro atoms. The summed E-state index contributed by atoms with van der Waals surface area (Å²) in [4.78, 5) is 12.3. The van der Waals surface area contributed by atoms with Gasteiger partial charge in [-0.2, -0.15) is 0 Å². The predicted octanol–water partition coefficient (Wildman–Crippen LogP) is 3.74. The quantitative estimate of drug-likeness (QED) is 0.746. The molecule has 0 bridgehead atoms. The second-order valence-corrected chi connectivity index (χ2v) is 5.75. The van der Waals surface area contributed by atoms with Crippen LogP contribution in [0.1, 0.15) is 50.7 Å². The molecule has 1 aliphatic rings. The summed E-state index contributed by atoms with van der Waals surface area (Å²) in [5.41, 5.74) is 2.42. The Bertz CT molecular complexity index is 415. The lowest BCUT2D eigenvalue weighted by molar-refractivity contribution is -0.130. The van der Waals surface area contributed by atoms with E-state index in [2.05, 4.69) is 38.1 Å². The molecule has 0 saturated heterocycles. The van der Waals surface area contributed by atoms with Gasteiger partial charge in [-0.15, -0.1) is 0 Å². The van der Waals surface area contributed by atoms with Gasteiger partial charge in [0.15, 0.2) is 5.78 Å². The molecule has 1 aromatic rings. The van der Waals surface area contributed by atoms with Crippen LogP contribution in [0.5, 0.6) is 0 Å². The van der Waals surface area contributed by atoms with Gasteiger partial charge in [-0.3, -0.25) is 4.79 Å². The monoisotopic (exact) mass is 260 g/mol. The third-order valence-electron chi connectivity index (χ3n) is 3.74. The van der Waals surface area contributed by atoms with Crippen LogP contribution in [-0.4, -0.2) is 18.5 Å². The average molecular weight is 260 g/mol. The van der Waals surface area contributed by atoms with E-state index in [0.29, 0.717) is 24.9 Å². The van der Waals surface area contributed by atoms with Gasteiger partial charge in [0.25, 0.3) is 0 Å². The summed E-state index contributed by atoms with van der Waals surface area (Å²) in [6.45, 7) is 6.94. The molecule has 2 rings (SSSR count). The van der Waals surface area contributed by atoms with Crippen LogP contribution in [0.3, 0.4) is 0 Å². The van der Waals surface area contributed by atoms with Crippen LogP contribution < -0.4 is 0 Å². The highest BCUT2D eigenvalue weighted by molar-refractivity contribution is 5.85. The van der Waals surface area contributed by atoms with Crippen molar-refractivity contribution in [2.24, 2.45) is 5.92 Å². The SMILES string of the molecule is CCOC(C(=O)Cc1ccc(C(C)C)cc1)C1CC1. The van der Waals surface area contributed by atoms with Crippen LogP contribution in [0.4, 0.5) is 0 Å². The summed E-state index contributed by atoms with van der Waals surface area (Å²) < 4.78 is 5.61. The molecule has 0 N–H and O–H groups in total. The van der Waals surface area contributed by atoms with Gasteiger partial charge in [0.05, 0.1) is 0 Å². The van der Waals surface area contributed by atoms with E-state index < -0.39 is 0 Å². The summed E-state index contributed by atoms with van der Waals surface area (Å²) in [5.74, 6) is 1.25. The largest absolute Gasteiger partial charge is 0.370 e. The molecule has 104 valence electrons. The van der Waals surface area contributed by atoms with E-state index in [1.54, 1.807) is 0 Å². The summed E-state index contributed by atoms with van der Waals surface area (Å²) in [5, 5.41) is 0. The van der Waals surface area contributed by atoms with Gasteiger partial charge >= 0.3 is 0 Å². The van der Waals surface area contributed by atoms with E-state index >= 15 is 0 Å². The number of hydrogen-bond acceptors (Lipinski definition) is 2. The van der Waals surface area contributed by atoms with E-state index in [4.69, 9.17) is 4.74 Å². The summed E-state index contributed by atoms with van der Waals surface area (Å²) in [7, 11) is 0. The van der Waals surface area contributed by atoms with Gasteiger partial charge in [0.2, 0.25) is 0 Å². The third-order valence-corrected chi connectivity index (χ3v) is 3.74. The van der Waals surface area contributed by atoms with Crippen molar-refractivity contribution in [1.29, 1.82) is 0 Å². The first-order valence-corrected chi connectivity index (χ1v) is 7.35.